The predicted molar refractivity (Wildman–Crippen MR) is 138 cm³/mol. The largest absolute Gasteiger partial charge is 0.497 e. The van der Waals surface area contributed by atoms with Crippen LogP contribution in [0.1, 0.15) is 42.5 Å². The normalized spacial score (nSPS) is 14.0. The molecule has 1 saturated heterocycles. The summed E-state index contributed by atoms with van der Waals surface area (Å²) in [5, 5.41) is 0. The summed E-state index contributed by atoms with van der Waals surface area (Å²) in [6.45, 7) is 4.93. The summed E-state index contributed by atoms with van der Waals surface area (Å²) in [7, 11) is 1.63. The molecule has 0 atom stereocenters. The van der Waals surface area contributed by atoms with Crippen LogP contribution in [0.15, 0.2) is 60.7 Å². The minimum Gasteiger partial charge on any atom is -0.497 e. The fraction of sp³-hybridized carbons (Fsp3) is 0.321. The molecule has 4 rings (SSSR count). The van der Waals surface area contributed by atoms with E-state index in [1.807, 2.05) is 71.0 Å². The molecule has 8 heteroatoms. The first-order valence-corrected chi connectivity index (χ1v) is 12.1. The standard InChI is InChI=1S/C28H32N4O4/c1-20-24(27(29)34)18-25(32(20)13-12-21-8-10-23(36-2)11-9-21)26(33)19-30-14-16-31(17-15-30)28(35)22-6-4-3-5-7-22/h3-11,18H,12-17,19H2,1-2H3,(H2,29,34). The second-order valence-corrected chi connectivity index (χ2v) is 9.00. The Morgan fingerprint density at radius 3 is 2.22 bits per heavy atom. The molecule has 0 radical (unpaired) electrons. The SMILES string of the molecule is COc1ccc(CCn2c(C(=O)CN3CCN(C(=O)c4ccccc4)CC3)cc(C(N)=O)c2C)cc1. The van der Waals surface area contributed by atoms with E-state index in [4.69, 9.17) is 10.5 Å². The van der Waals surface area contributed by atoms with Gasteiger partial charge in [0.1, 0.15) is 5.75 Å². The van der Waals surface area contributed by atoms with Crippen molar-refractivity contribution < 1.29 is 19.1 Å². The molecular weight excluding hydrogens is 456 g/mol. The number of rotatable bonds is 9. The molecule has 0 saturated carbocycles. The number of amides is 2. The fourth-order valence-corrected chi connectivity index (χ4v) is 4.60. The molecule has 1 aliphatic rings. The molecule has 1 aromatic heterocycles. The van der Waals surface area contributed by atoms with Crippen molar-refractivity contribution in [1.29, 1.82) is 0 Å². The Hall–Kier alpha value is -3.91. The zero-order valence-corrected chi connectivity index (χ0v) is 20.8. The van der Waals surface area contributed by atoms with Gasteiger partial charge in [0.2, 0.25) is 0 Å². The Labute approximate surface area is 211 Å². The van der Waals surface area contributed by atoms with Crippen LogP contribution in [0.2, 0.25) is 0 Å². The number of primary amides is 1. The molecule has 1 aliphatic heterocycles. The van der Waals surface area contributed by atoms with Crippen LogP contribution in [0.3, 0.4) is 0 Å². The van der Waals surface area contributed by atoms with Crippen LogP contribution in [0.5, 0.6) is 5.75 Å². The molecule has 0 bridgehead atoms. The molecule has 2 N–H and O–H groups in total. The van der Waals surface area contributed by atoms with Crippen LogP contribution in [0.4, 0.5) is 0 Å². The fourth-order valence-electron chi connectivity index (χ4n) is 4.60. The zero-order chi connectivity index (χ0) is 25.7. The Kier molecular flexibility index (Phi) is 7.85. The lowest BCUT2D eigenvalue weighted by Crippen LogP contribution is -2.50. The Morgan fingerprint density at radius 1 is 0.944 bits per heavy atom. The first kappa shape index (κ1) is 25.2. The molecule has 0 aliphatic carbocycles. The average molecular weight is 489 g/mol. The Balaban J connectivity index is 1.42. The van der Waals surface area contributed by atoms with Crippen molar-refractivity contribution in [3.63, 3.8) is 0 Å². The van der Waals surface area contributed by atoms with Crippen molar-refractivity contribution in [2.75, 3.05) is 39.8 Å². The molecule has 1 fully saturated rings. The lowest BCUT2D eigenvalue weighted by Gasteiger charge is -2.34. The number of benzene rings is 2. The third kappa shape index (κ3) is 5.66. The second-order valence-electron chi connectivity index (χ2n) is 9.00. The summed E-state index contributed by atoms with van der Waals surface area (Å²) in [5.41, 5.74) is 8.90. The highest BCUT2D eigenvalue weighted by Gasteiger charge is 2.26. The number of piperazine rings is 1. The van der Waals surface area contributed by atoms with Gasteiger partial charge in [-0.15, -0.1) is 0 Å². The van der Waals surface area contributed by atoms with Gasteiger partial charge in [0.25, 0.3) is 11.8 Å². The first-order valence-electron chi connectivity index (χ1n) is 12.1. The first-order chi connectivity index (χ1) is 17.4. The number of hydrogen-bond donors (Lipinski definition) is 1. The quantitative estimate of drug-likeness (QED) is 0.467. The summed E-state index contributed by atoms with van der Waals surface area (Å²) < 4.78 is 7.11. The number of nitrogens with two attached hydrogens (primary N) is 1. The number of Topliss-reactive ketones (excluding diaryl/α,β-unsaturated/α-hetero) is 1. The minimum atomic E-state index is -0.544. The van der Waals surface area contributed by atoms with Crippen LogP contribution in [0.25, 0.3) is 0 Å². The highest BCUT2D eigenvalue weighted by Crippen LogP contribution is 2.19. The lowest BCUT2D eigenvalue weighted by molar-refractivity contribution is 0.0623. The third-order valence-electron chi connectivity index (χ3n) is 6.75. The lowest BCUT2D eigenvalue weighted by atomic mass is 10.1. The number of ether oxygens (including phenoxy) is 1. The second kappa shape index (κ2) is 11.2. The molecule has 188 valence electrons. The van der Waals surface area contributed by atoms with Crippen LogP contribution >= 0.6 is 0 Å². The Bertz CT molecular complexity index is 1230. The zero-order valence-electron chi connectivity index (χ0n) is 20.8. The van der Waals surface area contributed by atoms with Crippen LogP contribution < -0.4 is 10.5 Å². The van der Waals surface area contributed by atoms with Gasteiger partial charge in [-0.25, -0.2) is 0 Å². The molecule has 2 aromatic carbocycles. The van der Waals surface area contributed by atoms with Gasteiger partial charge in [0.05, 0.1) is 24.9 Å². The molecule has 2 amide bonds. The maximum absolute atomic E-state index is 13.3. The summed E-state index contributed by atoms with van der Waals surface area (Å²) in [6.07, 6.45) is 0.693. The van der Waals surface area contributed by atoms with Crippen molar-refractivity contribution >= 4 is 17.6 Å². The van der Waals surface area contributed by atoms with Gasteiger partial charge in [-0.2, -0.15) is 0 Å². The highest BCUT2D eigenvalue weighted by molar-refractivity contribution is 6.01. The van der Waals surface area contributed by atoms with Gasteiger partial charge in [-0.05, 0) is 49.2 Å². The van der Waals surface area contributed by atoms with Crippen molar-refractivity contribution in [3.8, 4) is 5.75 Å². The van der Waals surface area contributed by atoms with Crippen molar-refractivity contribution in [3.05, 3.63) is 88.7 Å². The predicted octanol–water partition coefficient (Wildman–Crippen LogP) is 2.79. The summed E-state index contributed by atoms with van der Waals surface area (Å²) in [5.74, 6) is 0.185. The number of nitrogens with zero attached hydrogens (tertiary/aromatic N) is 3. The van der Waals surface area contributed by atoms with Gasteiger partial charge in [0, 0.05) is 44.0 Å². The Morgan fingerprint density at radius 2 is 1.61 bits per heavy atom. The monoisotopic (exact) mass is 488 g/mol. The third-order valence-corrected chi connectivity index (χ3v) is 6.75. The maximum atomic E-state index is 13.3. The van der Waals surface area contributed by atoms with Crippen LogP contribution in [-0.2, 0) is 13.0 Å². The van der Waals surface area contributed by atoms with Crippen LogP contribution in [-0.4, -0.2) is 71.8 Å². The molecule has 0 unspecified atom stereocenters. The number of methoxy groups -OCH3 is 1. The van der Waals surface area contributed by atoms with Crippen molar-refractivity contribution in [2.24, 2.45) is 5.73 Å². The summed E-state index contributed by atoms with van der Waals surface area (Å²) >= 11 is 0. The number of aromatic nitrogens is 1. The molecule has 2 heterocycles. The number of aryl methyl sites for hydroxylation is 1. The summed E-state index contributed by atoms with van der Waals surface area (Å²) in [6, 6.07) is 18.6. The van der Waals surface area contributed by atoms with Gasteiger partial charge < -0.3 is 19.9 Å². The molecule has 8 nitrogen and oxygen atoms in total. The van der Waals surface area contributed by atoms with E-state index in [9.17, 15) is 14.4 Å². The number of ketones is 1. The molecular formula is C28H32N4O4. The van der Waals surface area contributed by atoms with E-state index in [2.05, 4.69) is 4.90 Å². The van der Waals surface area contributed by atoms with E-state index >= 15 is 0 Å². The van der Waals surface area contributed by atoms with Crippen LogP contribution in [0, 0.1) is 6.92 Å². The maximum Gasteiger partial charge on any atom is 0.253 e. The van der Waals surface area contributed by atoms with E-state index in [1.54, 1.807) is 13.2 Å². The molecule has 3 aromatic rings. The van der Waals surface area contributed by atoms with E-state index < -0.39 is 5.91 Å². The van der Waals surface area contributed by atoms with Crippen molar-refractivity contribution in [1.82, 2.24) is 14.4 Å². The number of carbonyl (C=O) groups is 3. The number of hydrogen-bond acceptors (Lipinski definition) is 5. The average Bonchev–Trinajstić information content (AvgIpc) is 3.24. The molecule has 0 spiro atoms. The minimum absolute atomic E-state index is 0.00992. The van der Waals surface area contributed by atoms with Crippen molar-refractivity contribution in [2.45, 2.75) is 19.9 Å². The topological polar surface area (TPSA) is 97.9 Å². The van der Waals surface area contributed by atoms with Gasteiger partial charge in [0.15, 0.2) is 5.78 Å². The van der Waals surface area contributed by atoms with Gasteiger partial charge >= 0.3 is 0 Å². The van der Waals surface area contributed by atoms with E-state index in [-0.39, 0.29) is 18.2 Å². The van der Waals surface area contributed by atoms with Gasteiger partial charge in [-0.1, -0.05) is 30.3 Å². The van der Waals surface area contributed by atoms with E-state index in [1.165, 1.54) is 0 Å². The summed E-state index contributed by atoms with van der Waals surface area (Å²) in [4.78, 5) is 41.9. The highest BCUT2D eigenvalue weighted by atomic mass is 16.5. The number of carbonyl (C=O) groups excluding carboxylic acids is 3. The molecule has 36 heavy (non-hydrogen) atoms. The van der Waals surface area contributed by atoms with E-state index in [0.29, 0.717) is 61.7 Å². The van der Waals surface area contributed by atoms with Gasteiger partial charge in [-0.3, -0.25) is 19.3 Å². The van der Waals surface area contributed by atoms with E-state index in [0.717, 1.165) is 11.3 Å². The smallest absolute Gasteiger partial charge is 0.253 e.